The van der Waals surface area contributed by atoms with Crippen LogP contribution >= 0.6 is 0 Å². The molecule has 0 bridgehead atoms. The third-order valence-corrected chi connectivity index (χ3v) is 8.92. The van der Waals surface area contributed by atoms with Crippen molar-refractivity contribution in [3.63, 3.8) is 0 Å². The van der Waals surface area contributed by atoms with Crippen molar-refractivity contribution in [2.75, 3.05) is 25.0 Å². The number of halogens is 3. The van der Waals surface area contributed by atoms with Crippen LogP contribution in [0.25, 0.3) is 23.1 Å². The molecule has 7 rings (SSSR count). The van der Waals surface area contributed by atoms with Gasteiger partial charge in [0.05, 0.1) is 16.6 Å². The van der Waals surface area contributed by atoms with E-state index < -0.39 is 17.6 Å². The Morgan fingerprint density at radius 2 is 1.75 bits per heavy atom. The summed E-state index contributed by atoms with van der Waals surface area (Å²) in [6, 6.07) is 23.6. The van der Waals surface area contributed by atoms with Gasteiger partial charge >= 0.3 is 12.1 Å². The summed E-state index contributed by atoms with van der Waals surface area (Å²) in [6.07, 6.45) is 4.02. The Kier molecular flexibility index (Phi) is 7.79. The lowest BCUT2D eigenvalue weighted by atomic mass is 9.92. The number of likely N-dealkylation sites (tertiary alicyclic amines) is 1. The van der Waals surface area contributed by atoms with E-state index in [1.807, 2.05) is 24.1 Å². The van der Waals surface area contributed by atoms with Crippen molar-refractivity contribution in [3.05, 3.63) is 94.7 Å². The van der Waals surface area contributed by atoms with Crippen molar-refractivity contribution in [3.8, 4) is 0 Å². The molecular formula is C34H33F3N4O3. The molecule has 1 aliphatic carbocycles. The molecule has 44 heavy (non-hydrogen) atoms. The molecule has 1 spiro atoms. The zero-order valence-corrected chi connectivity index (χ0v) is 24.3. The van der Waals surface area contributed by atoms with Gasteiger partial charge < -0.3 is 10.0 Å². The van der Waals surface area contributed by atoms with Crippen LogP contribution in [0.1, 0.15) is 59.5 Å². The van der Waals surface area contributed by atoms with Crippen molar-refractivity contribution in [1.82, 2.24) is 15.1 Å². The number of carbonyl (C=O) groups is 2. The van der Waals surface area contributed by atoms with Crippen LogP contribution in [0.15, 0.2) is 66.7 Å². The number of amides is 1. The summed E-state index contributed by atoms with van der Waals surface area (Å²) in [5.41, 5.74) is 7.53. The number of likely N-dealkylation sites (N-methyl/N-ethyl adjacent to an activating group) is 1. The molecule has 2 atom stereocenters. The Morgan fingerprint density at radius 1 is 1.05 bits per heavy atom. The second kappa shape index (κ2) is 11.6. The molecule has 2 aliphatic heterocycles. The maximum absolute atomic E-state index is 13.2. The van der Waals surface area contributed by atoms with Crippen LogP contribution in [0.4, 0.5) is 18.9 Å². The Morgan fingerprint density at radius 3 is 2.45 bits per heavy atom. The lowest BCUT2D eigenvalue weighted by molar-refractivity contribution is -0.192. The van der Waals surface area contributed by atoms with Gasteiger partial charge in [-0.15, -0.1) is 0 Å². The van der Waals surface area contributed by atoms with Crippen LogP contribution in [-0.2, 0) is 21.5 Å². The Labute approximate surface area is 253 Å². The molecule has 0 radical (unpaired) electrons. The smallest absolute Gasteiger partial charge is 0.475 e. The number of aliphatic carboxylic acids is 1. The molecular weight excluding hydrogens is 569 g/mol. The predicted octanol–water partition coefficient (Wildman–Crippen LogP) is 6.75. The maximum Gasteiger partial charge on any atom is 0.490 e. The molecule has 2 unspecified atom stereocenters. The number of benzene rings is 3. The summed E-state index contributed by atoms with van der Waals surface area (Å²) in [5, 5.41) is 16.0. The number of aromatic amines is 1. The van der Waals surface area contributed by atoms with E-state index in [4.69, 9.17) is 9.90 Å². The molecule has 2 fully saturated rings. The summed E-state index contributed by atoms with van der Waals surface area (Å²) < 4.78 is 31.7. The fourth-order valence-electron chi connectivity index (χ4n) is 6.55. The average molecular weight is 603 g/mol. The number of carboxylic acids is 1. The highest BCUT2D eigenvalue weighted by atomic mass is 19.4. The number of piperidine rings is 1. The number of rotatable bonds is 5. The van der Waals surface area contributed by atoms with E-state index in [-0.39, 0.29) is 11.8 Å². The maximum atomic E-state index is 13.2. The van der Waals surface area contributed by atoms with Gasteiger partial charge in [-0.3, -0.25) is 14.8 Å². The van der Waals surface area contributed by atoms with Gasteiger partial charge in [0.15, 0.2) is 0 Å². The minimum absolute atomic E-state index is 0.209. The first-order valence-electron chi connectivity index (χ1n) is 14.7. The van der Waals surface area contributed by atoms with Crippen LogP contribution in [0, 0.1) is 0 Å². The predicted molar refractivity (Wildman–Crippen MR) is 163 cm³/mol. The minimum atomic E-state index is -5.08. The van der Waals surface area contributed by atoms with E-state index in [1.165, 1.54) is 54.6 Å². The molecule has 1 saturated carbocycles. The second-order valence-electron chi connectivity index (χ2n) is 11.7. The summed E-state index contributed by atoms with van der Waals surface area (Å²) in [5.74, 6) is -2.33. The lowest BCUT2D eigenvalue weighted by Crippen LogP contribution is -2.29. The fourth-order valence-corrected chi connectivity index (χ4v) is 6.55. The molecule has 4 aromatic rings. The van der Waals surface area contributed by atoms with Crippen molar-refractivity contribution in [2.24, 2.45) is 0 Å². The van der Waals surface area contributed by atoms with E-state index in [2.05, 4.69) is 81.8 Å². The van der Waals surface area contributed by atoms with Gasteiger partial charge in [-0.25, -0.2) is 4.79 Å². The normalized spacial score (nSPS) is 21.5. The summed E-state index contributed by atoms with van der Waals surface area (Å²) >= 11 is 0. The van der Waals surface area contributed by atoms with Gasteiger partial charge in [0, 0.05) is 30.6 Å². The number of hydrogen-bond acceptors (Lipinski definition) is 4. The van der Waals surface area contributed by atoms with Gasteiger partial charge in [-0.05, 0) is 72.8 Å². The zero-order valence-electron chi connectivity index (χ0n) is 24.3. The first-order valence-corrected chi connectivity index (χ1v) is 14.7. The number of aromatic nitrogens is 2. The summed E-state index contributed by atoms with van der Waals surface area (Å²) in [4.78, 5) is 26.5. The molecule has 1 saturated heterocycles. The topological polar surface area (TPSA) is 89.5 Å². The van der Waals surface area contributed by atoms with Crippen LogP contribution in [0.3, 0.4) is 0 Å². The van der Waals surface area contributed by atoms with E-state index >= 15 is 0 Å². The van der Waals surface area contributed by atoms with Crippen molar-refractivity contribution < 1.29 is 27.9 Å². The monoisotopic (exact) mass is 602 g/mol. The molecule has 3 heterocycles. The number of alkyl halides is 3. The number of H-pyrrole nitrogens is 1. The van der Waals surface area contributed by atoms with Crippen molar-refractivity contribution >= 4 is 40.6 Å². The molecule has 1 aromatic heterocycles. The number of carboxylic acid groups (broad SMARTS) is 1. The van der Waals surface area contributed by atoms with Crippen LogP contribution in [0.2, 0.25) is 0 Å². The lowest BCUT2D eigenvalue weighted by Gasteiger charge is -2.26. The van der Waals surface area contributed by atoms with Gasteiger partial charge in [0.2, 0.25) is 5.91 Å². The number of nitrogens with one attached hydrogen (secondary N) is 1. The zero-order chi connectivity index (χ0) is 31.1. The summed E-state index contributed by atoms with van der Waals surface area (Å²) in [6.45, 7) is 3.49. The third kappa shape index (κ3) is 5.61. The largest absolute Gasteiger partial charge is 0.490 e. The Bertz CT molecular complexity index is 1720. The van der Waals surface area contributed by atoms with Gasteiger partial charge in [0.1, 0.15) is 0 Å². The van der Waals surface area contributed by atoms with E-state index in [1.54, 1.807) is 0 Å². The highest BCUT2D eigenvalue weighted by molar-refractivity contribution is 6.11. The number of anilines is 1. The van der Waals surface area contributed by atoms with Gasteiger partial charge in [-0.1, -0.05) is 67.1 Å². The first-order chi connectivity index (χ1) is 21.1. The first kappa shape index (κ1) is 29.6. The minimum Gasteiger partial charge on any atom is -0.475 e. The van der Waals surface area contributed by atoms with Crippen molar-refractivity contribution in [2.45, 2.75) is 49.7 Å². The molecule has 3 aliphatic rings. The highest BCUT2D eigenvalue weighted by Crippen LogP contribution is 2.66. The Balaban J connectivity index is 0.000000441. The number of hydrogen-bond donors (Lipinski definition) is 2. The highest BCUT2D eigenvalue weighted by Gasteiger charge is 2.66. The van der Waals surface area contributed by atoms with Gasteiger partial charge in [0.25, 0.3) is 0 Å². The van der Waals surface area contributed by atoms with Gasteiger partial charge in [-0.2, -0.15) is 18.3 Å². The van der Waals surface area contributed by atoms with E-state index in [0.29, 0.717) is 0 Å². The van der Waals surface area contributed by atoms with Crippen LogP contribution in [0.5, 0.6) is 0 Å². The summed E-state index contributed by atoms with van der Waals surface area (Å²) in [7, 11) is 1.89. The van der Waals surface area contributed by atoms with Crippen LogP contribution in [-0.4, -0.2) is 58.4 Å². The number of para-hydroxylation sites is 1. The fraction of sp³-hybridized carbons (Fsp3) is 0.324. The molecule has 10 heteroatoms. The molecule has 2 N–H and O–H groups in total. The van der Waals surface area contributed by atoms with E-state index in [9.17, 15) is 18.0 Å². The quantitative estimate of drug-likeness (QED) is 0.264. The molecule has 228 valence electrons. The van der Waals surface area contributed by atoms with E-state index in [0.717, 1.165) is 35.2 Å². The molecule has 3 aromatic carbocycles. The number of nitrogens with zero attached hydrogens (tertiary/aromatic N) is 3. The van der Waals surface area contributed by atoms with Crippen LogP contribution < -0.4 is 4.90 Å². The standard InChI is InChI=1S/C32H32N4O.C2HF3O2/c1-35-30-8-4-3-7-26(30)32(31(35)37)20-27(32)24-14-15-25-28(33-34-29(25)19-24)16-13-22-9-11-23(12-10-22)21-36-17-5-2-6-18-36;3-2(4,5)1(6)7/h3-4,7-16,19,27H,2,5-6,17-18,20-21H2,1H3,(H,33,34);(H,6,7)/b16-13+;. The van der Waals surface area contributed by atoms with Crippen molar-refractivity contribution in [1.29, 1.82) is 0 Å². The molecule has 7 nitrogen and oxygen atoms in total. The number of fused-ring (bicyclic) bond motifs is 3. The number of carbonyl (C=O) groups excluding carboxylic acids is 1. The third-order valence-electron chi connectivity index (χ3n) is 8.92. The average Bonchev–Trinajstić information content (AvgIpc) is 3.59. The molecule has 1 amide bonds. The Hall–Kier alpha value is -4.44. The SMILES string of the molecule is CN1C(=O)C2(CC2c2ccc3c(/C=C/c4ccc(CN5CCCCC5)cc4)n[nH]c3c2)c2ccccc21.O=C(O)C(F)(F)F. The second-order valence-corrected chi connectivity index (χ2v) is 11.7.